The van der Waals surface area contributed by atoms with Gasteiger partial charge in [-0.15, -0.1) is 0 Å². The Hall–Kier alpha value is -1.63. The molecule has 0 fully saturated rings. The van der Waals surface area contributed by atoms with Crippen molar-refractivity contribution in [3.05, 3.63) is 54.2 Å². The smallest absolute Gasteiger partial charge is 0.0702 e. The number of hydrogen-bond donors (Lipinski definition) is 0. The molecule has 0 saturated carbocycles. The molecule has 0 aliphatic rings. The molecule has 1 aromatic heterocycles. The maximum Gasteiger partial charge on any atom is 0.0702 e. The number of hydrogen-bond acceptors (Lipinski definition) is 1. The predicted molar refractivity (Wildman–Crippen MR) is 59.1 cm³/mol. The first-order chi connectivity index (χ1) is 6.90. The third-order valence-electron chi connectivity index (χ3n) is 2.30. The molecular weight excluding hydrogens is 170 g/mol. The fourth-order valence-corrected chi connectivity index (χ4v) is 1.48. The molecule has 0 spiro atoms. The van der Waals surface area contributed by atoms with Gasteiger partial charge in [-0.2, -0.15) is 0 Å². The second-order valence-corrected chi connectivity index (χ2v) is 3.27. The van der Waals surface area contributed by atoms with Gasteiger partial charge < -0.3 is 0 Å². The van der Waals surface area contributed by atoms with E-state index in [9.17, 15) is 0 Å². The Balaban J connectivity index is 2.42. The Bertz CT molecular complexity index is 407. The van der Waals surface area contributed by atoms with Crippen molar-refractivity contribution < 1.29 is 0 Å². The molecule has 0 atom stereocenters. The zero-order chi connectivity index (χ0) is 9.80. The van der Waals surface area contributed by atoms with Gasteiger partial charge in [0.15, 0.2) is 0 Å². The highest BCUT2D eigenvalue weighted by Crippen LogP contribution is 2.17. The van der Waals surface area contributed by atoms with E-state index in [-0.39, 0.29) is 0 Å². The molecule has 2 aromatic rings. The number of pyridine rings is 1. The Labute approximate surface area is 84.4 Å². The number of nitrogens with zero attached hydrogens (tertiary/aromatic N) is 1. The highest BCUT2D eigenvalue weighted by atomic mass is 14.7. The summed E-state index contributed by atoms with van der Waals surface area (Å²) in [5, 5.41) is 0. The number of aryl methyl sites for hydroxylation is 1. The van der Waals surface area contributed by atoms with Crippen LogP contribution in [0.15, 0.2) is 48.7 Å². The summed E-state index contributed by atoms with van der Waals surface area (Å²) in [6.07, 6.45) is 2.90. The van der Waals surface area contributed by atoms with Gasteiger partial charge in [-0.05, 0) is 30.2 Å². The first-order valence-electron chi connectivity index (χ1n) is 4.90. The van der Waals surface area contributed by atoms with Crippen molar-refractivity contribution in [3.8, 4) is 11.3 Å². The normalized spacial score (nSPS) is 10.1. The van der Waals surface area contributed by atoms with Crippen molar-refractivity contribution in [2.24, 2.45) is 0 Å². The van der Waals surface area contributed by atoms with Crippen LogP contribution in [0.25, 0.3) is 11.3 Å². The van der Waals surface area contributed by atoms with Gasteiger partial charge >= 0.3 is 0 Å². The summed E-state index contributed by atoms with van der Waals surface area (Å²) in [6.45, 7) is 2.16. The van der Waals surface area contributed by atoms with Crippen LogP contribution in [0.2, 0.25) is 0 Å². The van der Waals surface area contributed by atoms with Crippen molar-refractivity contribution in [1.29, 1.82) is 0 Å². The van der Waals surface area contributed by atoms with Gasteiger partial charge in [0, 0.05) is 11.8 Å². The van der Waals surface area contributed by atoms with Crippen LogP contribution in [0, 0.1) is 0 Å². The highest BCUT2D eigenvalue weighted by Gasteiger charge is 1.97. The van der Waals surface area contributed by atoms with E-state index >= 15 is 0 Å². The van der Waals surface area contributed by atoms with Gasteiger partial charge in [-0.3, -0.25) is 4.98 Å². The largest absolute Gasteiger partial charge is 0.256 e. The van der Waals surface area contributed by atoms with E-state index in [2.05, 4.69) is 36.2 Å². The second-order valence-electron chi connectivity index (χ2n) is 3.27. The van der Waals surface area contributed by atoms with Crippen molar-refractivity contribution in [1.82, 2.24) is 4.98 Å². The van der Waals surface area contributed by atoms with Crippen LogP contribution < -0.4 is 0 Å². The lowest BCUT2D eigenvalue weighted by Crippen LogP contribution is -1.84. The molecule has 0 N–H and O–H groups in total. The molecule has 0 amide bonds. The van der Waals surface area contributed by atoms with E-state index < -0.39 is 0 Å². The molecule has 1 heterocycles. The molecule has 0 radical (unpaired) electrons. The molecule has 1 aromatic carbocycles. The standard InChI is InChI=1S/C13H13N/c1-2-11-6-5-7-12(10-11)13-8-3-4-9-14-13/h3-10H,2H2,1H3. The zero-order valence-electron chi connectivity index (χ0n) is 8.27. The van der Waals surface area contributed by atoms with Gasteiger partial charge in [0.2, 0.25) is 0 Å². The van der Waals surface area contributed by atoms with Crippen molar-refractivity contribution in [2.75, 3.05) is 0 Å². The Morgan fingerprint density at radius 1 is 1.07 bits per heavy atom. The Morgan fingerprint density at radius 2 is 2.00 bits per heavy atom. The SMILES string of the molecule is CCc1cccc(-c2ccccn2)c1. The van der Waals surface area contributed by atoms with E-state index in [0.29, 0.717) is 0 Å². The lowest BCUT2D eigenvalue weighted by atomic mass is 10.1. The molecule has 1 nitrogen and oxygen atoms in total. The van der Waals surface area contributed by atoms with Crippen molar-refractivity contribution in [2.45, 2.75) is 13.3 Å². The average molecular weight is 183 g/mol. The number of rotatable bonds is 2. The molecule has 70 valence electrons. The van der Waals surface area contributed by atoms with Crippen LogP contribution in [-0.2, 0) is 6.42 Å². The summed E-state index contributed by atoms with van der Waals surface area (Å²) in [5.41, 5.74) is 3.60. The molecule has 0 saturated heterocycles. The predicted octanol–water partition coefficient (Wildman–Crippen LogP) is 3.31. The van der Waals surface area contributed by atoms with Crippen LogP contribution in [0.3, 0.4) is 0 Å². The molecule has 14 heavy (non-hydrogen) atoms. The van der Waals surface area contributed by atoms with E-state index in [1.165, 1.54) is 11.1 Å². The third kappa shape index (κ3) is 1.82. The summed E-state index contributed by atoms with van der Waals surface area (Å²) in [6, 6.07) is 14.5. The minimum Gasteiger partial charge on any atom is -0.256 e. The Kier molecular flexibility index (Phi) is 2.59. The zero-order valence-corrected chi connectivity index (χ0v) is 8.27. The van der Waals surface area contributed by atoms with E-state index in [0.717, 1.165) is 12.1 Å². The molecule has 1 heteroatoms. The maximum atomic E-state index is 4.32. The Morgan fingerprint density at radius 3 is 2.71 bits per heavy atom. The van der Waals surface area contributed by atoms with Crippen molar-refractivity contribution >= 4 is 0 Å². The topological polar surface area (TPSA) is 12.9 Å². The molecule has 0 bridgehead atoms. The fourth-order valence-electron chi connectivity index (χ4n) is 1.48. The van der Waals surface area contributed by atoms with E-state index in [1.807, 2.05) is 24.4 Å². The van der Waals surface area contributed by atoms with Crippen LogP contribution in [-0.4, -0.2) is 4.98 Å². The van der Waals surface area contributed by atoms with E-state index in [4.69, 9.17) is 0 Å². The summed E-state index contributed by atoms with van der Waals surface area (Å²) in [4.78, 5) is 4.32. The monoisotopic (exact) mass is 183 g/mol. The van der Waals surface area contributed by atoms with Gasteiger partial charge in [0.25, 0.3) is 0 Å². The molecule has 0 unspecified atom stereocenters. The van der Waals surface area contributed by atoms with Crippen LogP contribution in [0.1, 0.15) is 12.5 Å². The third-order valence-corrected chi connectivity index (χ3v) is 2.30. The summed E-state index contributed by atoms with van der Waals surface area (Å²) >= 11 is 0. The first kappa shape index (κ1) is 8.95. The lowest BCUT2D eigenvalue weighted by Gasteiger charge is -2.02. The summed E-state index contributed by atoms with van der Waals surface area (Å²) < 4.78 is 0. The summed E-state index contributed by atoms with van der Waals surface area (Å²) in [7, 11) is 0. The van der Waals surface area contributed by atoms with Gasteiger partial charge in [0.05, 0.1) is 5.69 Å². The fraction of sp³-hybridized carbons (Fsp3) is 0.154. The van der Waals surface area contributed by atoms with Gasteiger partial charge in [-0.1, -0.05) is 31.2 Å². The first-order valence-corrected chi connectivity index (χ1v) is 4.90. The van der Waals surface area contributed by atoms with Crippen molar-refractivity contribution in [3.63, 3.8) is 0 Å². The quantitative estimate of drug-likeness (QED) is 0.696. The minimum atomic E-state index is 1.04. The molecule has 0 aliphatic carbocycles. The van der Waals surface area contributed by atoms with Crippen LogP contribution in [0.4, 0.5) is 0 Å². The number of benzene rings is 1. The molecule has 0 aliphatic heterocycles. The van der Waals surface area contributed by atoms with E-state index in [1.54, 1.807) is 0 Å². The number of aromatic nitrogens is 1. The highest BCUT2D eigenvalue weighted by molar-refractivity contribution is 5.59. The van der Waals surface area contributed by atoms with Crippen LogP contribution in [0.5, 0.6) is 0 Å². The van der Waals surface area contributed by atoms with Gasteiger partial charge in [-0.25, -0.2) is 0 Å². The second kappa shape index (κ2) is 4.05. The maximum absolute atomic E-state index is 4.32. The lowest BCUT2D eigenvalue weighted by molar-refractivity contribution is 1.14. The molecular formula is C13H13N. The summed E-state index contributed by atoms with van der Waals surface area (Å²) in [5.74, 6) is 0. The average Bonchev–Trinajstić information content (AvgIpc) is 2.30. The molecule has 2 rings (SSSR count). The van der Waals surface area contributed by atoms with Crippen LogP contribution >= 0.6 is 0 Å². The minimum absolute atomic E-state index is 1.04. The van der Waals surface area contributed by atoms with Gasteiger partial charge in [0.1, 0.15) is 0 Å².